The molecular weight excluding hydrogens is 356 g/mol. The highest BCUT2D eigenvalue weighted by Crippen LogP contribution is 2.37. The summed E-state index contributed by atoms with van der Waals surface area (Å²) in [5, 5.41) is 2.33. The van der Waals surface area contributed by atoms with E-state index in [2.05, 4.69) is 44.2 Å². The van der Waals surface area contributed by atoms with E-state index < -0.39 is 0 Å². The van der Waals surface area contributed by atoms with Gasteiger partial charge in [0.2, 0.25) is 0 Å². The number of benzene rings is 2. The Kier molecular flexibility index (Phi) is 10.4. The van der Waals surface area contributed by atoms with Crippen LogP contribution in [-0.2, 0) is 6.42 Å². The molecule has 0 saturated heterocycles. The summed E-state index contributed by atoms with van der Waals surface area (Å²) in [5.41, 5.74) is 1.24. The number of hydrogen-bond acceptors (Lipinski definition) is 2. The van der Waals surface area contributed by atoms with Crippen molar-refractivity contribution >= 4 is 22.4 Å². The third-order valence-electron chi connectivity index (χ3n) is 4.94. The Balaban J connectivity index is 2.01. The van der Waals surface area contributed by atoms with E-state index in [0.717, 1.165) is 68.1 Å². The van der Waals surface area contributed by atoms with Gasteiger partial charge in [-0.15, -0.1) is 11.6 Å². The molecule has 27 heavy (non-hydrogen) atoms. The monoisotopic (exact) mass is 390 g/mol. The summed E-state index contributed by atoms with van der Waals surface area (Å²) in [5.74, 6) is 2.81. The van der Waals surface area contributed by atoms with E-state index in [-0.39, 0.29) is 0 Å². The SMILES string of the molecule is CCCCOc1c(CC)cc(OCCCCCCCCCl)c2ccccc12. The molecule has 2 nitrogen and oxygen atoms in total. The summed E-state index contributed by atoms with van der Waals surface area (Å²) in [6, 6.07) is 10.6. The van der Waals surface area contributed by atoms with Gasteiger partial charge in [-0.3, -0.25) is 0 Å². The van der Waals surface area contributed by atoms with Crippen LogP contribution in [0.25, 0.3) is 10.8 Å². The average Bonchev–Trinajstić information content (AvgIpc) is 2.70. The first-order valence-corrected chi connectivity index (χ1v) is 11.2. The molecule has 0 N–H and O–H groups in total. The van der Waals surface area contributed by atoms with Crippen LogP contribution in [0.4, 0.5) is 0 Å². The summed E-state index contributed by atoms with van der Waals surface area (Å²) >= 11 is 5.72. The summed E-state index contributed by atoms with van der Waals surface area (Å²) in [7, 11) is 0. The van der Waals surface area contributed by atoms with Crippen molar-refractivity contribution in [1.29, 1.82) is 0 Å². The lowest BCUT2D eigenvalue weighted by atomic mass is 10.0. The number of rotatable bonds is 14. The number of unbranched alkanes of at least 4 members (excludes halogenated alkanes) is 6. The summed E-state index contributed by atoms with van der Waals surface area (Å²) < 4.78 is 12.4. The zero-order valence-corrected chi connectivity index (χ0v) is 17.8. The molecule has 0 amide bonds. The number of fused-ring (bicyclic) bond motifs is 1. The fraction of sp³-hybridized carbons (Fsp3) is 0.583. The second kappa shape index (κ2) is 12.9. The van der Waals surface area contributed by atoms with Gasteiger partial charge in [-0.05, 0) is 37.3 Å². The molecule has 0 spiro atoms. The molecule has 2 aromatic rings. The zero-order valence-electron chi connectivity index (χ0n) is 17.1. The van der Waals surface area contributed by atoms with Gasteiger partial charge in [0.25, 0.3) is 0 Å². The van der Waals surface area contributed by atoms with Crippen LogP contribution >= 0.6 is 11.6 Å². The molecule has 0 fully saturated rings. The first-order chi connectivity index (χ1) is 13.3. The zero-order chi connectivity index (χ0) is 19.3. The normalized spacial score (nSPS) is 11.1. The van der Waals surface area contributed by atoms with Gasteiger partial charge in [0.15, 0.2) is 0 Å². The second-order valence-corrected chi connectivity index (χ2v) is 7.50. The highest BCUT2D eigenvalue weighted by Gasteiger charge is 2.13. The van der Waals surface area contributed by atoms with E-state index in [4.69, 9.17) is 21.1 Å². The van der Waals surface area contributed by atoms with Crippen molar-refractivity contribution in [2.24, 2.45) is 0 Å². The summed E-state index contributed by atoms with van der Waals surface area (Å²) in [4.78, 5) is 0. The minimum absolute atomic E-state index is 0.775. The predicted molar refractivity (Wildman–Crippen MR) is 118 cm³/mol. The molecule has 2 aromatic carbocycles. The van der Waals surface area contributed by atoms with Crippen molar-refractivity contribution in [3.05, 3.63) is 35.9 Å². The minimum Gasteiger partial charge on any atom is -0.493 e. The quantitative estimate of drug-likeness (QED) is 0.245. The van der Waals surface area contributed by atoms with Crippen molar-refractivity contribution in [2.75, 3.05) is 19.1 Å². The van der Waals surface area contributed by atoms with Gasteiger partial charge in [-0.1, -0.05) is 70.2 Å². The number of ether oxygens (including phenoxy) is 2. The number of hydrogen-bond donors (Lipinski definition) is 0. The fourth-order valence-electron chi connectivity index (χ4n) is 3.33. The van der Waals surface area contributed by atoms with Crippen LogP contribution in [0.1, 0.15) is 70.8 Å². The maximum atomic E-state index is 6.19. The third-order valence-corrected chi connectivity index (χ3v) is 5.21. The Morgan fingerprint density at radius 2 is 1.44 bits per heavy atom. The molecule has 0 saturated carbocycles. The van der Waals surface area contributed by atoms with E-state index in [1.54, 1.807) is 0 Å². The van der Waals surface area contributed by atoms with Gasteiger partial charge >= 0.3 is 0 Å². The van der Waals surface area contributed by atoms with Crippen LogP contribution in [0.2, 0.25) is 0 Å². The Labute approximate surface area is 170 Å². The largest absolute Gasteiger partial charge is 0.493 e. The smallest absolute Gasteiger partial charge is 0.130 e. The lowest BCUT2D eigenvalue weighted by Crippen LogP contribution is -2.03. The molecule has 0 radical (unpaired) electrons. The maximum absolute atomic E-state index is 6.19. The van der Waals surface area contributed by atoms with Crippen LogP contribution < -0.4 is 9.47 Å². The number of halogens is 1. The first kappa shape index (κ1) is 21.9. The van der Waals surface area contributed by atoms with Crippen LogP contribution in [0.5, 0.6) is 11.5 Å². The number of aryl methyl sites for hydroxylation is 1. The summed E-state index contributed by atoms with van der Waals surface area (Å²) in [6.07, 6.45) is 10.4. The van der Waals surface area contributed by atoms with Crippen molar-refractivity contribution in [3.8, 4) is 11.5 Å². The topological polar surface area (TPSA) is 18.5 Å². The van der Waals surface area contributed by atoms with E-state index in [0.29, 0.717) is 0 Å². The predicted octanol–water partition coefficient (Wildman–Crippen LogP) is 7.54. The van der Waals surface area contributed by atoms with Gasteiger partial charge in [-0.25, -0.2) is 0 Å². The average molecular weight is 391 g/mol. The molecule has 0 unspecified atom stereocenters. The van der Waals surface area contributed by atoms with Crippen LogP contribution in [-0.4, -0.2) is 19.1 Å². The number of alkyl halides is 1. The Hall–Kier alpha value is -1.41. The third kappa shape index (κ3) is 6.92. The molecule has 0 aromatic heterocycles. The van der Waals surface area contributed by atoms with Gasteiger partial charge < -0.3 is 9.47 Å². The Bertz CT molecular complexity index is 669. The van der Waals surface area contributed by atoms with E-state index >= 15 is 0 Å². The van der Waals surface area contributed by atoms with Gasteiger partial charge in [0, 0.05) is 16.7 Å². The molecule has 0 aliphatic heterocycles. The molecule has 0 atom stereocenters. The Morgan fingerprint density at radius 1 is 0.778 bits per heavy atom. The molecule has 0 aliphatic carbocycles. The Morgan fingerprint density at radius 3 is 2.15 bits per heavy atom. The minimum atomic E-state index is 0.775. The fourth-order valence-corrected chi connectivity index (χ4v) is 3.52. The van der Waals surface area contributed by atoms with Crippen LogP contribution in [0, 0.1) is 0 Å². The maximum Gasteiger partial charge on any atom is 0.130 e. The van der Waals surface area contributed by atoms with E-state index in [1.807, 2.05) is 0 Å². The lowest BCUT2D eigenvalue weighted by molar-refractivity contribution is 0.301. The van der Waals surface area contributed by atoms with E-state index in [9.17, 15) is 0 Å². The van der Waals surface area contributed by atoms with Crippen molar-refractivity contribution < 1.29 is 9.47 Å². The van der Waals surface area contributed by atoms with Crippen molar-refractivity contribution in [3.63, 3.8) is 0 Å². The summed E-state index contributed by atoms with van der Waals surface area (Å²) in [6.45, 7) is 5.93. The van der Waals surface area contributed by atoms with Gasteiger partial charge in [0.05, 0.1) is 13.2 Å². The molecule has 0 aliphatic rings. The van der Waals surface area contributed by atoms with Crippen LogP contribution in [0.3, 0.4) is 0 Å². The highest BCUT2D eigenvalue weighted by molar-refractivity contribution is 6.17. The standard InChI is InChI=1S/C24H35ClO2/c1-3-5-17-27-24-20(4-2)19-23(21-14-10-11-15-22(21)24)26-18-13-9-7-6-8-12-16-25/h10-11,14-15,19H,3-9,12-13,16-18H2,1-2H3. The van der Waals surface area contributed by atoms with Gasteiger partial charge in [-0.2, -0.15) is 0 Å². The molecular formula is C24H35ClO2. The molecule has 3 heteroatoms. The first-order valence-electron chi connectivity index (χ1n) is 10.7. The second-order valence-electron chi connectivity index (χ2n) is 7.12. The molecule has 0 heterocycles. The molecule has 150 valence electrons. The molecule has 2 rings (SSSR count). The van der Waals surface area contributed by atoms with E-state index in [1.165, 1.54) is 36.6 Å². The van der Waals surface area contributed by atoms with Crippen molar-refractivity contribution in [2.45, 2.75) is 71.6 Å². The highest BCUT2D eigenvalue weighted by atomic mass is 35.5. The molecule has 0 bridgehead atoms. The van der Waals surface area contributed by atoms with Crippen LogP contribution in [0.15, 0.2) is 30.3 Å². The van der Waals surface area contributed by atoms with Gasteiger partial charge in [0.1, 0.15) is 11.5 Å². The lowest BCUT2D eigenvalue weighted by Gasteiger charge is -2.17. The van der Waals surface area contributed by atoms with Crippen molar-refractivity contribution in [1.82, 2.24) is 0 Å².